The molecular weight excluding hydrogens is 456 g/mol. The van der Waals surface area contributed by atoms with Gasteiger partial charge in [0.2, 0.25) is 5.91 Å². The number of thioether (sulfide) groups is 1. The van der Waals surface area contributed by atoms with Crippen LogP contribution in [0.5, 0.6) is 5.75 Å². The Labute approximate surface area is 190 Å². The maximum atomic E-state index is 12.5. The van der Waals surface area contributed by atoms with Gasteiger partial charge in [0.15, 0.2) is 10.3 Å². The normalized spacial score (nSPS) is 10.9. The highest BCUT2D eigenvalue weighted by molar-refractivity contribution is 7.98. The molecule has 0 aliphatic carbocycles. The third-order valence-electron chi connectivity index (χ3n) is 4.22. The van der Waals surface area contributed by atoms with Crippen LogP contribution in [-0.4, -0.2) is 28.0 Å². The average Bonchev–Trinajstić information content (AvgIpc) is 3.13. The molecule has 0 fully saturated rings. The summed E-state index contributed by atoms with van der Waals surface area (Å²) in [6.45, 7) is 0. The number of hydrogen-bond donors (Lipinski definition) is 2. The third kappa shape index (κ3) is 5.63. The van der Waals surface area contributed by atoms with Crippen LogP contribution in [0.3, 0.4) is 0 Å². The Morgan fingerprint density at radius 2 is 2.10 bits per heavy atom. The quantitative estimate of drug-likeness (QED) is 0.303. The second-order valence-electron chi connectivity index (χ2n) is 6.54. The molecule has 0 spiro atoms. The molecule has 2 aromatic heterocycles. The van der Waals surface area contributed by atoms with Crippen LogP contribution < -0.4 is 15.6 Å². The van der Waals surface area contributed by atoms with E-state index < -0.39 is 0 Å². The number of thiazole rings is 1. The first kappa shape index (κ1) is 21.4. The van der Waals surface area contributed by atoms with Crippen molar-refractivity contribution in [2.24, 2.45) is 0 Å². The van der Waals surface area contributed by atoms with Crippen molar-refractivity contribution in [3.8, 4) is 5.75 Å². The number of aromatic nitrogens is 3. The summed E-state index contributed by atoms with van der Waals surface area (Å²) in [5, 5.41) is 4.30. The summed E-state index contributed by atoms with van der Waals surface area (Å²) < 4.78 is 6.11. The molecule has 2 heterocycles. The molecule has 4 rings (SSSR count). The van der Waals surface area contributed by atoms with Crippen molar-refractivity contribution >= 4 is 56.0 Å². The zero-order chi connectivity index (χ0) is 21.8. The minimum Gasteiger partial charge on any atom is -0.497 e. The van der Waals surface area contributed by atoms with Crippen LogP contribution >= 0.6 is 34.7 Å². The van der Waals surface area contributed by atoms with E-state index in [0.717, 1.165) is 21.5 Å². The molecule has 0 aliphatic rings. The molecule has 0 bridgehead atoms. The van der Waals surface area contributed by atoms with Crippen molar-refractivity contribution in [2.75, 3.05) is 12.4 Å². The molecule has 158 valence electrons. The summed E-state index contributed by atoms with van der Waals surface area (Å²) in [6, 6.07) is 14.3. The van der Waals surface area contributed by atoms with E-state index in [9.17, 15) is 9.59 Å². The number of nitrogens with zero attached hydrogens (tertiary/aromatic N) is 2. The lowest BCUT2D eigenvalue weighted by Gasteiger charge is -2.06. The van der Waals surface area contributed by atoms with E-state index in [-0.39, 0.29) is 17.9 Å². The summed E-state index contributed by atoms with van der Waals surface area (Å²) >= 11 is 8.71. The molecule has 31 heavy (non-hydrogen) atoms. The van der Waals surface area contributed by atoms with Crippen LogP contribution in [0, 0.1) is 0 Å². The molecule has 2 N–H and O–H groups in total. The Kier molecular flexibility index (Phi) is 6.55. The number of benzene rings is 2. The van der Waals surface area contributed by atoms with Gasteiger partial charge in [0.05, 0.1) is 29.4 Å². The van der Waals surface area contributed by atoms with Gasteiger partial charge in [-0.2, -0.15) is 0 Å². The highest BCUT2D eigenvalue weighted by Crippen LogP contribution is 2.28. The van der Waals surface area contributed by atoms with E-state index in [1.807, 2.05) is 24.3 Å². The van der Waals surface area contributed by atoms with E-state index in [1.165, 1.54) is 29.2 Å². The maximum absolute atomic E-state index is 12.5. The SMILES string of the molecule is COc1cccc(CSc2nc(CC(=O)Nc3nc4ccc(Cl)cc4s3)cc(=O)[nH]2)c1. The lowest BCUT2D eigenvalue weighted by atomic mass is 10.2. The van der Waals surface area contributed by atoms with Crippen molar-refractivity contribution in [2.45, 2.75) is 17.3 Å². The van der Waals surface area contributed by atoms with Crippen LogP contribution in [-0.2, 0) is 17.0 Å². The molecule has 0 radical (unpaired) electrons. The van der Waals surface area contributed by atoms with Gasteiger partial charge in [-0.1, -0.05) is 46.8 Å². The van der Waals surface area contributed by atoms with Crippen LogP contribution in [0.1, 0.15) is 11.3 Å². The number of hydrogen-bond acceptors (Lipinski definition) is 7. The first-order valence-corrected chi connectivity index (χ1v) is 11.4. The standard InChI is InChI=1S/C21H17ClN4O3S2/c1-29-15-4-2-3-12(7-15)11-30-20-23-14(9-18(27)25-20)10-19(28)26-21-24-16-6-5-13(22)8-17(16)31-21/h2-9H,10-11H2,1H3,(H,23,25,27)(H,24,26,28). The molecule has 0 unspecified atom stereocenters. The van der Waals surface area contributed by atoms with Crippen molar-refractivity contribution in [3.63, 3.8) is 0 Å². The lowest BCUT2D eigenvalue weighted by Crippen LogP contribution is -2.18. The number of rotatable bonds is 7. The first-order valence-electron chi connectivity index (χ1n) is 9.20. The van der Waals surface area contributed by atoms with E-state index in [0.29, 0.717) is 26.8 Å². The van der Waals surface area contributed by atoms with E-state index in [4.69, 9.17) is 16.3 Å². The van der Waals surface area contributed by atoms with Crippen LogP contribution in [0.2, 0.25) is 5.02 Å². The zero-order valence-electron chi connectivity index (χ0n) is 16.3. The monoisotopic (exact) mass is 472 g/mol. The fourth-order valence-corrected chi connectivity index (χ4v) is 4.83. The Morgan fingerprint density at radius 3 is 2.94 bits per heavy atom. The van der Waals surface area contributed by atoms with Gasteiger partial charge >= 0.3 is 0 Å². The Morgan fingerprint density at radius 1 is 1.23 bits per heavy atom. The van der Waals surface area contributed by atoms with Gasteiger partial charge in [-0.15, -0.1) is 0 Å². The van der Waals surface area contributed by atoms with Crippen molar-refractivity contribution in [1.29, 1.82) is 0 Å². The fourth-order valence-electron chi connectivity index (χ4n) is 2.84. The number of carbonyl (C=O) groups excluding carboxylic acids is 1. The minimum atomic E-state index is -0.305. The van der Waals surface area contributed by atoms with Gasteiger partial charge in [0.1, 0.15) is 5.75 Å². The highest BCUT2D eigenvalue weighted by Gasteiger charge is 2.12. The number of aromatic amines is 1. The van der Waals surface area contributed by atoms with Gasteiger partial charge in [-0.25, -0.2) is 9.97 Å². The van der Waals surface area contributed by atoms with Gasteiger partial charge < -0.3 is 15.0 Å². The predicted octanol–water partition coefficient (Wildman–Crippen LogP) is 4.52. The number of fused-ring (bicyclic) bond motifs is 1. The summed E-state index contributed by atoms with van der Waals surface area (Å²) in [6.07, 6.45) is -0.0344. The molecule has 1 amide bonds. The molecule has 2 aromatic carbocycles. The average molecular weight is 473 g/mol. The summed E-state index contributed by atoms with van der Waals surface area (Å²) in [4.78, 5) is 36.0. The lowest BCUT2D eigenvalue weighted by molar-refractivity contribution is -0.115. The second-order valence-corrected chi connectivity index (χ2v) is 8.97. The smallest absolute Gasteiger partial charge is 0.251 e. The Hall–Kier alpha value is -2.88. The number of anilines is 1. The maximum Gasteiger partial charge on any atom is 0.251 e. The number of nitrogens with one attached hydrogen (secondary N) is 2. The molecule has 4 aromatic rings. The van der Waals surface area contributed by atoms with Gasteiger partial charge in [-0.05, 0) is 35.9 Å². The summed E-state index contributed by atoms with van der Waals surface area (Å²) in [5.74, 6) is 1.07. The van der Waals surface area contributed by atoms with Gasteiger partial charge in [-0.3, -0.25) is 9.59 Å². The first-order chi connectivity index (χ1) is 15.0. The van der Waals surface area contributed by atoms with Crippen molar-refractivity contribution in [3.05, 3.63) is 75.2 Å². The highest BCUT2D eigenvalue weighted by atomic mass is 35.5. The molecule has 0 saturated heterocycles. The van der Waals surface area contributed by atoms with Crippen LogP contribution in [0.25, 0.3) is 10.2 Å². The number of carbonyl (C=O) groups is 1. The van der Waals surface area contributed by atoms with E-state index in [2.05, 4.69) is 20.3 Å². The molecule has 7 nitrogen and oxygen atoms in total. The number of amides is 1. The topological polar surface area (TPSA) is 97.0 Å². The van der Waals surface area contributed by atoms with E-state index in [1.54, 1.807) is 25.3 Å². The predicted molar refractivity (Wildman–Crippen MR) is 124 cm³/mol. The summed E-state index contributed by atoms with van der Waals surface area (Å²) in [5.41, 5.74) is 1.88. The van der Waals surface area contributed by atoms with E-state index >= 15 is 0 Å². The van der Waals surface area contributed by atoms with Crippen molar-refractivity contribution in [1.82, 2.24) is 15.0 Å². The number of H-pyrrole nitrogens is 1. The molecule has 0 aliphatic heterocycles. The molecular formula is C21H17ClN4O3S2. The Balaban J connectivity index is 1.42. The van der Waals surface area contributed by atoms with Crippen LogP contribution in [0.4, 0.5) is 5.13 Å². The number of methoxy groups -OCH3 is 1. The Bertz CT molecular complexity index is 1310. The van der Waals surface area contributed by atoms with Gasteiger partial charge in [0, 0.05) is 16.8 Å². The van der Waals surface area contributed by atoms with Crippen molar-refractivity contribution < 1.29 is 9.53 Å². The van der Waals surface area contributed by atoms with Gasteiger partial charge in [0.25, 0.3) is 5.56 Å². The number of halogens is 1. The third-order valence-corrected chi connectivity index (χ3v) is 6.33. The van der Waals surface area contributed by atoms with Crippen LogP contribution in [0.15, 0.2) is 58.5 Å². The number of ether oxygens (including phenoxy) is 1. The largest absolute Gasteiger partial charge is 0.497 e. The summed E-state index contributed by atoms with van der Waals surface area (Å²) in [7, 11) is 1.61. The zero-order valence-corrected chi connectivity index (χ0v) is 18.7. The molecule has 10 heteroatoms. The molecule has 0 saturated carbocycles. The fraction of sp³-hybridized carbons (Fsp3) is 0.143. The second kappa shape index (κ2) is 9.51. The molecule has 0 atom stereocenters. The minimum absolute atomic E-state index is 0.0344.